The molecule has 3 aromatic rings. The molecule has 154 valence electrons. The van der Waals surface area contributed by atoms with Gasteiger partial charge in [0, 0.05) is 32.5 Å². The zero-order valence-electron chi connectivity index (χ0n) is 17.5. The summed E-state index contributed by atoms with van der Waals surface area (Å²) in [5.41, 5.74) is 2.33. The van der Waals surface area contributed by atoms with Crippen LogP contribution in [0.1, 0.15) is 37.0 Å². The number of nitrogens with one attached hydrogen (secondary N) is 2. The maximum Gasteiger partial charge on any atom is 0.191 e. The van der Waals surface area contributed by atoms with Crippen LogP contribution < -0.4 is 10.6 Å². The minimum absolute atomic E-state index is 0.497. The number of nitrogens with zero attached hydrogens (tertiary/aromatic N) is 6. The van der Waals surface area contributed by atoms with Crippen LogP contribution in [-0.2, 0) is 20.0 Å². The van der Waals surface area contributed by atoms with E-state index in [4.69, 9.17) is 0 Å². The first-order valence-electron chi connectivity index (χ1n) is 10.1. The van der Waals surface area contributed by atoms with E-state index in [1.165, 1.54) is 5.56 Å². The van der Waals surface area contributed by atoms with Crippen molar-refractivity contribution in [3.63, 3.8) is 0 Å². The van der Waals surface area contributed by atoms with E-state index >= 15 is 0 Å². The minimum atomic E-state index is 0.497. The molecule has 0 aliphatic rings. The molecular weight excluding hydrogens is 364 g/mol. The molecule has 29 heavy (non-hydrogen) atoms. The van der Waals surface area contributed by atoms with Crippen molar-refractivity contribution in [1.82, 2.24) is 35.2 Å². The quantitative estimate of drug-likeness (QED) is 0.331. The molecule has 2 aromatic heterocycles. The number of guanidine groups is 1. The molecule has 0 saturated heterocycles. The molecule has 0 amide bonds. The third-order valence-corrected chi connectivity index (χ3v) is 4.80. The minimum Gasteiger partial charge on any atom is -0.356 e. The summed E-state index contributed by atoms with van der Waals surface area (Å²) in [7, 11) is 1.96. The highest BCUT2D eigenvalue weighted by Gasteiger charge is 2.05. The van der Waals surface area contributed by atoms with E-state index in [2.05, 4.69) is 62.1 Å². The molecule has 3 rings (SSSR count). The fourth-order valence-corrected chi connectivity index (χ4v) is 2.86. The van der Waals surface area contributed by atoms with Crippen molar-refractivity contribution in [2.75, 3.05) is 13.1 Å². The van der Waals surface area contributed by atoms with Crippen LogP contribution in [0.25, 0.3) is 5.69 Å². The van der Waals surface area contributed by atoms with Crippen molar-refractivity contribution in [1.29, 1.82) is 0 Å². The van der Waals surface area contributed by atoms with Gasteiger partial charge >= 0.3 is 0 Å². The summed E-state index contributed by atoms with van der Waals surface area (Å²) in [6.45, 7) is 6.32. The van der Waals surface area contributed by atoms with E-state index in [-0.39, 0.29) is 0 Å². The van der Waals surface area contributed by atoms with Gasteiger partial charge in [0.05, 0.1) is 5.69 Å². The van der Waals surface area contributed by atoms with Gasteiger partial charge in [-0.25, -0.2) is 9.67 Å². The topological polar surface area (TPSA) is 85.0 Å². The highest BCUT2D eigenvalue weighted by molar-refractivity contribution is 5.79. The molecule has 2 N–H and O–H groups in total. The first-order valence-corrected chi connectivity index (χ1v) is 10.1. The van der Waals surface area contributed by atoms with Gasteiger partial charge in [-0.3, -0.25) is 0 Å². The van der Waals surface area contributed by atoms with Crippen molar-refractivity contribution < 1.29 is 0 Å². The number of aromatic nitrogens is 5. The van der Waals surface area contributed by atoms with Crippen LogP contribution in [0.5, 0.6) is 0 Å². The highest BCUT2D eigenvalue weighted by atomic mass is 15.3. The molecule has 0 radical (unpaired) electrons. The number of rotatable bonds is 9. The second-order valence-corrected chi connectivity index (χ2v) is 6.96. The second-order valence-electron chi connectivity index (χ2n) is 6.96. The molecule has 0 bridgehead atoms. The number of benzene rings is 1. The second kappa shape index (κ2) is 10.4. The van der Waals surface area contributed by atoms with Crippen molar-refractivity contribution in [2.45, 2.75) is 39.7 Å². The summed E-state index contributed by atoms with van der Waals surface area (Å²) >= 11 is 0. The molecule has 0 spiro atoms. The maximum atomic E-state index is 4.68. The smallest absolute Gasteiger partial charge is 0.191 e. The lowest BCUT2D eigenvalue weighted by molar-refractivity contribution is 0.714. The Morgan fingerprint density at radius 3 is 2.55 bits per heavy atom. The van der Waals surface area contributed by atoms with E-state index in [0.717, 1.165) is 55.6 Å². The standard InChI is InChI=1S/C21H30N8/c1-4-5-12-22-21(24-16-20-27-26-17(2)28(20)3)23-14-11-18-7-9-19(10-8-18)29-15-6-13-25-29/h6-10,13,15H,4-5,11-12,14,16H2,1-3H3,(H2,22,23,24). The van der Waals surface area contributed by atoms with Gasteiger partial charge in [0.15, 0.2) is 11.8 Å². The Hall–Kier alpha value is -3.16. The molecule has 2 heterocycles. The SMILES string of the molecule is CCCCNC(=NCc1nnc(C)n1C)NCCc1ccc(-n2cccn2)cc1. The molecule has 8 nitrogen and oxygen atoms in total. The first kappa shape index (κ1) is 20.6. The normalized spacial score (nSPS) is 11.6. The van der Waals surface area contributed by atoms with Crippen LogP contribution in [0, 0.1) is 6.92 Å². The molecule has 1 aromatic carbocycles. The average Bonchev–Trinajstić information content (AvgIpc) is 3.38. The van der Waals surface area contributed by atoms with Crippen molar-refractivity contribution in [2.24, 2.45) is 12.0 Å². The van der Waals surface area contributed by atoms with Crippen LogP contribution >= 0.6 is 0 Å². The molecular formula is C21H30N8. The molecule has 0 aliphatic heterocycles. The zero-order chi connectivity index (χ0) is 20.5. The van der Waals surface area contributed by atoms with E-state index in [9.17, 15) is 0 Å². The predicted molar refractivity (Wildman–Crippen MR) is 115 cm³/mol. The number of unbranched alkanes of at least 4 members (excludes halogenated alkanes) is 1. The molecule has 0 saturated carbocycles. The van der Waals surface area contributed by atoms with Gasteiger partial charge in [0.2, 0.25) is 0 Å². The maximum absolute atomic E-state index is 4.68. The Bertz CT molecular complexity index is 893. The highest BCUT2D eigenvalue weighted by Crippen LogP contribution is 2.08. The van der Waals surface area contributed by atoms with E-state index in [0.29, 0.717) is 6.54 Å². The zero-order valence-corrected chi connectivity index (χ0v) is 17.5. The van der Waals surface area contributed by atoms with E-state index < -0.39 is 0 Å². The molecule has 8 heteroatoms. The molecule has 0 unspecified atom stereocenters. The van der Waals surface area contributed by atoms with Gasteiger partial charge < -0.3 is 15.2 Å². The van der Waals surface area contributed by atoms with Gasteiger partial charge in [-0.1, -0.05) is 25.5 Å². The average molecular weight is 395 g/mol. The molecule has 0 atom stereocenters. The predicted octanol–water partition coefficient (Wildman–Crippen LogP) is 2.39. The van der Waals surface area contributed by atoms with Crippen molar-refractivity contribution >= 4 is 5.96 Å². The number of hydrogen-bond donors (Lipinski definition) is 2. The van der Waals surface area contributed by atoms with Crippen LogP contribution in [0.3, 0.4) is 0 Å². The number of hydrogen-bond acceptors (Lipinski definition) is 4. The van der Waals surface area contributed by atoms with Gasteiger partial charge in [-0.15, -0.1) is 10.2 Å². The Labute approximate surface area is 172 Å². The van der Waals surface area contributed by atoms with Gasteiger partial charge in [-0.05, 0) is 43.5 Å². The molecule has 0 fully saturated rings. The summed E-state index contributed by atoms with van der Waals surface area (Å²) in [4.78, 5) is 4.68. The van der Waals surface area contributed by atoms with Gasteiger partial charge in [-0.2, -0.15) is 5.10 Å². The Morgan fingerprint density at radius 2 is 1.90 bits per heavy atom. The van der Waals surface area contributed by atoms with Gasteiger partial charge in [0.25, 0.3) is 0 Å². The van der Waals surface area contributed by atoms with Crippen LogP contribution in [0.4, 0.5) is 0 Å². The van der Waals surface area contributed by atoms with Crippen LogP contribution in [0.2, 0.25) is 0 Å². The van der Waals surface area contributed by atoms with E-state index in [1.807, 2.05) is 35.5 Å². The van der Waals surface area contributed by atoms with Crippen LogP contribution in [-0.4, -0.2) is 43.6 Å². The lowest BCUT2D eigenvalue weighted by Crippen LogP contribution is -2.39. The Kier molecular flexibility index (Phi) is 7.38. The van der Waals surface area contributed by atoms with Gasteiger partial charge in [0.1, 0.15) is 12.4 Å². The van der Waals surface area contributed by atoms with Crippen LogP contribution in [0.15, 0.2) is 47.7 Å². The Morgan fingerprint density at radius 1 is 1.10 bits per heavy atom. The third kappa shape index (κ3) is 5.91. The van der Waals surface area contributed by atoms with E-state index in [1.54, 1.807) is 6.20 Å². The third-order valence-electron chi connectivity index (χ3n) is 4.80. The molecule has 0 aliphatic carbocycles. The number of aliphatic imine (C=N–C) groups is 1. The largest absolute Gasteiger partial charge is 0.356 e. The first-order chi connectivity index (χ1) is 14.2. The summed E-state index contributed by atoms with van der Waals surface area (Å²) in [5, 5.41) is 19.4. The summed E-state index contributed by atoms with van der Waals surface area (Å²) in [6, 6.07) is 10.4. The van der Waals surface area contributed by atoms with Crippen molar-refractivity contribution in [3.8, 4) is 5.69 Å². The number of aryl methyl sites for hydroxylation is 1. The summed E-state index contributed by atoms with van der Waals surface area (Å²) in [6.07, 6.45) is 6.90. The monoisotopic (exact) mass is 394 g/mol. The fourth-order valence-electron chi connectivity index (χ4n) is 2.86. The fraction of sp³-hybridized carbons (Fsp3) is 0.429. The Balaban J connectivity index is 1.54. The lowest BCUT2D eigenvalue weighted by atomic mass is 10.1. The lowest BCUT2D eigenvalue weighted by Gasteiger charge is -2.12. The summed E-state index contributed by atoms with van der Waals surface area (Å²) in [5.74, 6) is 2.56. The van der Waals surface area contributed by atoms with Crippen molar-refractivity contribution in [3.05, 3.63) is 59.9 Å². The summed E-state index contributed by atoms with van der Waals surface area (Å²) < 4.78 is 3.83.